The maximum atomic E-state index is 13.1. The highest BCUT2D eigenvalue weighted by Crippen LogP contribution is 2.51. The van der Waals surface area contributed by atoms with Crippen LogP contribution in [0.2, 0.25) is 0 Å². The molecule has 3 aliphatic rings. The van der Waals surface area contributed by atoms with Crippen LogP contribution in [-0.2, 0) is 23.3 Å². The minimum atomic E-state index is -0.777. The van der Waals surface area contributed by atoms with Crippen LogP contribution in [0.5, 0.6) is 5.75 Å². The molecule has 0 spiro atoms. The minimum absolute atomic E-state index is 0.0406. The van der Waals surface area contributed by atoms with Crippen LogP contribution >= 0.6 is 11.3 Å². The van der Waals surface area contributed by atoms with Crippen LogP contribution in [0.4, 0.5) is 5.00 Å². The zero-order valence-corrected chi connectivity index (χ0v) is 15.4. The first-order chi connectivity index (χ1) is 12.6. The van der Waals surface area contributed by atoms with E-state index in [1.807, 2.05) is 29.2 Å². The van der Waals surface area contributed by atoms with Crippen LogP contribution in [0.15, 0.2) is 24.3 Å². The Labute approximate surface area is 156 Å². The van der Waals surface area contributed by atoms with E-state index in [1.165, 1.54) is 4.88 Å². The Morgan fingerprint density at radius 3 is 2.65 bits per heavy atom. The summed E-state index contributed by atoms with van der Waals surface area (Å²) in [4.78, 5) is 29.1. The Morgan fingerprint density at radius 1 is 1.12 bits per heavy atom. The fourth-order valence-electron chi connectivity index (χ4n) is 4.54. The normalized spacial score (nSPS) is 24.0. The van der Waals surface area contributed by atoms with E-state index in [9.17, 15) is 9.59 Å². The summed E-state index contributed by atoms with van der Waals surface area (Å²) >= 11 is 1.64. The molecule has 5 rings (SSSR count). The van der Waals surface area contributed by atoms with Gasteiger partial charge in [0.25, 0.3) is 5.91 Å². The van der Waals surface area contributed by atoms with Crippen LogP contribution in [0.25, 0.3) is 0 Å². The lowest BCUT2D eigenvalue weighted by Gasteiger charge is -2.42. The molecule has 1 N–H and O–H groups in total. The third-order valence-corrected chi connectivity index (χ3v) is 7.08. The van der Waals surface area contributed by atoms with E-state index in [1.54, 1.807) is 18.4 Å². The number of thiophene rings is 1. The summed E-state index contributed by atoms with van der Waals surface area (Å²) in [6.45, 7) is 0. The number of aryl methyl sites for hydroxylation is 1. The van der Waals surface area contributed by atoms with Crippen molar-refractivity contribution in [3.8, 4) is 5.75 Å². The summed E-state index contributed by atoms with van der Waals surface area (Å²) in [6, 6.07) is 7.66. The first-order valence-electron chi connectivity index (χ1n) is 9.09. The first kappa shape index (κ1) is 15.9. The van der Waals surface area contributed by atoms with Crippen molar-refractivity contribution in [1.82, 2.24) is 5.32 Å². The summed E-state index contributed by atoms with van der Waals surface area (Å²) < 4.78 is 5.25. The molecular formula is C20H20N2O3S. The maximum Gasteiger partial charge on any atom is 0.256 e. The minimum Gasteiger partial charge on any atom is -0.497 e. The second-order valence-corrected chi connectivity index (χ2v) is 8.25. The number of anilines is 1. The Hall–Kier alpha value is -2.34. The predicted molar refractivity (Wildman–Crippen MR) is 99.8 cm³/mol. The van der Waals surface area contributed by atoms with Crippen molar-refractivity contribution in [2.45, 2.75) is 44.2 Å². The number of methoxy groups -OCH3 is 1. The van der Waals surface area contributed by atoms with E-state index in [2.05, 4.69) is 5.32 Å². The molecule has 6 heteroatoms. The molecule has 1 atom stereocenters. The molecule has 1 unspecified atom stereocenters. The molecular weight excluding hydrogens is 348 g/mol. The molecule has 0 saturated carbocycles. The molecule has 2 aliphatic heterocycles. The molecule has 0 bridgehead atoms. The number of fused-ring (bicyclic) bond motifs is 5. The summed E-state index contributed by atoms with van der Waals surface area (Å²) in [6.07, 6.45) is 5.25. The summed E-state index contributed by atoms with van der Waals surface area (Å²) in [5.74, 6) is 0.803. The van der Waals surface area contributed by atoms with Gasteiger partial charge in [0.05, 0.1) is 12.7 Å². The quantitative estimate of drug-likeness (QED) is 0.884. The molecule has 26 heavy (non-hydrogen) atoms. The van der Waals surface area contributed by atoms with Gasteiger partial charge in [0.1, 0.15) is 16.4 Å². The molecule has 2 aromatic rings. The van der Waals surface area contributed by atoms with Gasteiger partial charge in [-0.15, -0.1) is 11.3 Å². The number of amides is 2. The lowest BCUT2D eigenvalue weighted by molar-refractivity contribution is -0.117. The Kier molecular flexibility index (Phi) is 3.41. The molecule has 0 radical (unpaired) electrons. The second-order valence-electron chi connectivity index (χ2n) is 7.16. The topological polar surface area (TPSA) is 58.6 Å². The highest BCUT2D eigenvalue weighted by atomic mass is 32.1. The van der Waals surface area contributed by atoms with Crippen molar-refractivity contribution in [2.24, 2.45) is 0 Å². The highest BCUT2D eigenvalue weighted by molar-refractivity contribution is 7.17. The standard InChI is InChI=1S/C20H20N2O3S/c1-25-13-8-6-12(7-9-13)20-11-10-16(23)22(20)19-17(18(24)21-20)14-4-2-3-5-15(14)26-19/h6-9H,2-5,10-11H2,1H3,(H,21,24). The fourth-order valence-corrected chi connectivity index (χ4v) is 6.01. The van der Waals surface area contributed by atoms with Gasteiger partial charge >= 0.3 is 0 Å². The third kappa shape index (κ3) is 2.02. The summed E-state index contributed by atoms with van der Waals surface area (Å²) in [7, 11) is 1.63. The highest BCUT2D eigenvalue weighted by Gasteiger charge is 2.54. The maximum absolute atomic E-state index is 13.1. The van der Waals surface area contributed by atoms with Gasteiger partial charge in [-0.25, -0.2) is 0 Å². The van der Waals surface area contributed by atoms with E-state index in [4.69, 9.17) is 4.74 Å². The van der Waals surface area contributed by atoms with E-state index >= 15 is 0 Å². The monoisotopic (exact) mass is 368 g/mol. The number of benzene rings is 1. The van der Waals surface area contributed by atoms with Gasteiger partial charge < -0.3 is 10.1 Å². The average Bonchev–Trinajstić information content (AvgIpc) is 3.21. The number of rotatable bonds is 2. The summed E-state index contributed by atoms with van der Waals surface area (Å²) in [5.41, 5.74) is 2.05. The van der Waals surface area contributed by atoms with Gasteiger partial charge in [0.15, 0.2) is 0 Å². The van der Waals surface area contributed by atoms with Crippen molar-refractivity contribution in [3.05, 3.63) is 45.8 Å². The van der Waals surface area contributed by atoms with Gasteiger partial charge in [-0.1, -0.05) is 12.1 Å². The number of carbonyl (C=O) groups is 2. The van der Waals surface area contributed by atoms with E-state index in [-0.39, 0.29) is 11.8 Å². The summed E-state index contributed by atoms with van der Waals surface area (Å²) in [5, 5.41) is 4.05. The van der Waals surface area contributed by atoms with Crippen LogP contribution in [0.1, 0.15) is 52.0 Å². The van der Waals surface area contributed by atoms with Crippen molar-refractivity contribution in [1.29, 1.82) is 0 Å². The third-order valence-electron chi connectivity index (χ3n) is 5.80. The largest absolute Gasteiger partial charge is 0.497 e. The Morgan fingerprint density at radius 2 is 1.88 bits per heavy atom. The van der Waals surface area contributed by atoms with Crippen LogP contribution in [0.3, 0.4) is 0 Å². The number of hydrogen-bond acceptors (Lipinski definition) is 4. The molecule has 3 heterocycles. The van der Waals surface area contributed by atoms with Gasteiger partial charge in [0, 0.05) is 17.7 Å². The molecule has 134 valence electrons. The van der Waals surface area contributed by atoms with Crippen LogP contribution in [-0.4, -0.2) is 18.9 Å². The van der Waals surface area contributed by atoms with Crippen molar-refractivity contribution < 1.29 is 14.3 Å². The molecule has 1 fully saturated rings. The van der Waals surface area contributed by atoms with E-state index < -0.39 is 5.66 Å². The zero-order chi connectivity index (χ0) is 17.9. The van der Waals surface area contributed by atoms with Crippen LogP contribution < -0.4 is 15.0 Å². The second kappa shape index (κ2) is 5.58. The number of carbonyl (C=O) groups excluding carboxylic acids is 2. The lowest BCUT2D eigenvalue weighted by Crippen LogP contribution is -2.59. The molecule has 1 aromatic carbocycles. The molecule has 2 amide bonds. The van der Waals surface area contributed by atoms with Gasteiger partial charge in [-0.2, -0.15) is 0 Å². The van der Waals surface area contributed by atoms with Crippen molar-refractivity contribution >= 4 is 28.2 Å². The Balaban J connectivity index is 1.68. The van der Waals surface area contributed by atoms with Crippen molar-refractivity contribution in [2.75, 3.05) is 12.0 Å². The molecule has 1 saturated heterocycles. The lowest BCUT2D eigenvalue weighted by atomic mass is 9.90. The molecule has 1 aromatic heterocycles. The van der Waals surface area contributed by atoms with Gasteiger partial charge in [-0.3, -0.25) is 14.5 Å². The number of nitrogens with zero attached hydrogens (tertiary/aromatic N) is 1. The SMILES string of the molecule is COc1ccc(C23CCC(=O)N2c2sc4c(c2C(=O)N3)CCCC4)cc1. The number of hydrogen-bond donors (Lipinski definition) is 1. The van der Waals surface area contributed by atoms with Crippen LogP contribution in [0, 0.1) is 0 Å². The average molecular weight is 368 g/mol. The Bertz CT molecular complexity index is 918. The molecule has 1 aliphatic carbocycles. The number of ether oxygens (including phenoxy) is 1. The van der Waals surface area contributed by atoms with Gasteiger partial charge in [-0.05, 0) is 48.9 Å². The first-order valence-corrected chi connectivity index (χ1v) is 9.90. The van der Waals surface area contributed by atoms with E-state index in [0.717, 1.165) is 53.1 Å². The molecule has 5 nitrogen and oxygen atoms in total. The van der Waals surface area contributed by atoms with E-state index in [0.29, 0.717) is 12.8 Å². The fraction of sp³-hybridized carbons (Fsp3) is 0.400. The zero-order valence-electron chi connectivity index (χ0n) is 14.6. The van der Waals surface area contributed by atoms with Crippen molar-refractivity contribution in [3.63, 3.8) is 0 Å². The van der Waals surface area contributed by atoms with Gasteiger partial charge in [0.2, 0.25) is 5.91 Å². The number of nitrogens with one attached hydrogen (secondary N) is 1. The smallest absolute Gasteiger partial charge is 0.256 e. The predicted octanol–water partition coefficient (Wildman–Crippen LogP) is 3.36.